The molecule has 0 aromatic heterocycles. The minimum absolute atomic E-state index is 0. The fraction of sp³-hybridized carbons (Fsp3) is 0.125. The van der Waals surface area contributed by atoms with Crippen molar-refractivity contribution in [1.29, 1.82) is 0 Å². The normalized spacial score (nSPS) is 18.2. The maximum atomic E-state index is 3.81. The van der Waals surface area contributed by atoms with Gasteiger partial charge < -0.3 is 34.6 Å². The predicted molar refractivity (Wildman–Crippen MR) is 160 cm³/mol. The van der Waals surface area contributed by atoms with Crippen molar-refractivity contribution in [3.63, 3.8) is 0 Å². The average Bonchev–Trinajstić information content (AvgIpc) is 3.59. The first kappa shape index (κ1) is 30.2. The van der Waals surface area contributed by atoms with Gasteiger partial charge in [0, 0.05) is 30.8 Å². The third kappa shape index (κ3) is 4.28. The molecule has 0 N–H and O–H groups in total. The fourth-order valence-corrected chi connectivity index (χ4v) is 8.98. The molecule has 0 saturated carbocycles. The van der Waals surface area contributed by atoms with Gasteiger partial charge in [0.2, 0.25) is 0 Å². The Morgan fingerprint density at radius 2 is 1.12 bits per heavy atom. The van der Waals surface area contributed by atoms with E-state index in [4.69, 9.17) is 0 Å². The molecule has 4 aliphatic rings. The molecule has 2 aliphatic carbocycles. The van der Waals surface area contributed by atoms with Crippen LogP contribution in [-0.4, -0.2) is 26.2 Å². The second kappa shape index (κ2) is 11.1. The maximum Gasteiger partial charge on any atom is 4.00 e. The van der Waals surface area contributed by atoms with Gasteiger partial charge in [-0.3, -0.25) is 0 Å². The summed E-state index contributed by atoms with van der Waals surface area (Å²) in [7, 11) is 4.37. The zero-order valence-electron chi connectivity index (χ0n) is 21.4. The van der Waals surface area contributed by atoms with Crippen molar-refractivity contribution in [2.45, 2.75) is 21.9 Å². The van der Waals surface area contributed by atoms with Gasteiger partial charge in [-0.1, -0.05) is 66.9 Å². The van der Waals surface area contributed by atoms with Crippen LogP contribution < -0.4 is 55.5 Å². The molecule has 2 heterocycles. The Hall–Kier alpha value is -1.27. The molecule has 0 radical (unpaired) electrons. The van der Waals surface area contributed by atoms with Crippen molar-refractivity contribution in [3.05, 3.63) is 114 Å². The number of hydrogen-bond acceptors (Lipinski definition) is 3. The summed E-state index contributed by atoms with van der Waals surface area (Å²) in [6, 6.07) is 29.3. The van der Waals surface area contributed by atoms with Crippen LogP contribution in [0.3, 0.4) is 0 Å². The molecule has 0 spiro atoms. The van der Waals surface area contributed by atoms with Crippen molar-refractivity contribution >= 4 is 78.3 Å². The molecule has 8 heteroatoms. The fourth-order valence-electron chi connectivity index (χ4n) is 6.46. The summed E-state index contributed by atoms with van der Waals surface area (Å²) in [5, 5.41) is 5.24. The summed E-state index contributed by atoms with van der Waals surface area (Å²) in [4.78, 5) is 7.28. The van der Waals surface area contributed by atoms with Gasteiger partial charge in [-0.15, -0.1) is 59.7 Å². The molecule has 8 rings (SSSR count). The van der Waals surface area contributed by atoms with Crippen molar-refractivity contribution in [3.8, 4) is 0 Å². The van der Waals surface area contributed by atoms with E-state index < -0.39 is 0 Å². The van der Waals surface area contributed by atoms with Crippen molar-refractivity contribution in [2.75, 3.05) is 23.9 Å². The summed E-state index contributed by atoms with van der Waals surface area (Å²) in [5.74, 6) is 0. The number of anilines is 2. The van der Waals surface area contributed by atoms with Crippen molar-refractivity contribution in [2.24, 2.45) is 0 Å². The SMILES string of the molecule is CN1c2ccc[c-]c2C2=c3c(Sc4cc(Br)cc5c4=C4c6[c-]cccc6N(C)C4C=5)cc(Br)cc3=CC21.[Cl-].[Cl-].[Zr+4]. The Bertz CT molecular complexity index is 1820. The molecule has 2 nitrogen and oxygen atoms in total. The second-order valence-corrected chi connectivity index (χ2v) is 12.9. The van der Waals surface area contributed by atoms with E-state index in [9.17, 15) is 0 Å². The average molecular weight is 787 g/mol. The number of halogens is 4. The van der Waals surface area contributed by atoms with Crippen LogP contribution in [0.4, 0.5) is 11.4 Å². The van der Waals surface area contributed by atoms with Gasteiger partial charge in [-0.25, -0.2) is 0 Å². The first-order chi connectivity index (χ1) is 18.0. The van der Waals surface area contributed by atoms with Crippen LogP contribution >= 0.6 is 43.6 Å². The molecule has 0 saturated heterocycles. The van der Waals surface area contributed by atoms with Crippen LogP contribution in [0.25, 0.3) is 23.3 Å². The third-order valence-corrected chi connectivity index (χ3v) is 10.0. The zero-order valence-corrected chi connectivity index (χ0v) is 29.4. The van der Waals surface area contributed by atoms with Crippen LogP contribution in [0.1, 0.15) is 11.1 Å². The van der Waals surface area contributed by atoms with Crippen LogP contribution in [0.15, 0.2) is 79.4 Å². The minimum atomic E-state index is 0. The van der Waals surface area contributed by atoms with E-state index in [1.807, 2.05) is 23.9 Å². The topological polar surface area (TPSA) is 6.48 Å². The Balaban J connectivity index is 0.00000108. The molecule has 2 aliphatic heterocycles. The van der Waals surface area contributed by atoms with Crippen LogP contribution in [0.5, 0.6) is 0 Å². The zero-order chi connectivity index (χ0) is 25.0. The van der Waals surface area contributed by atoms with Crippen molar-refractivity contribution in [1.82, 2.24) is 0 Å². The van der Waals surface area contributed by atoms with E-state index >= 15 is 0 Å². The molecule has 40 heavy (non-hydrogen) atoms. The molecule has 0 bridgehead atoms. The molecule has 2 unspecified atom stereocenters. The first-order valence-corrected chi connectivity index (χ1v) is 14.7. The quantitative estimate of drug-likeness (QED) is 0.231. The van der Waals surface area contributed by atoms with E-state index in [1.165, 1.54) is 64.3 Å². The van der Waals surface area contributed by atoms with E-state index in [0.29, 0.717) is 0 Å². The summed E-state index contributed by atoms with van der Waals surface area (Å²) < 4.78 is 2.21. The maximum absolute atomic E-state index is 3.81. The number of hydrogen-bond donors (Lipinski definition) is 0. The third-order valence-electron chi connectivity index (χ3n) is 8.02. The smallest absolute Gasteiger partial charge is 1.00 e. The largest absolute Gasteiger partial charge is 4.00 e. The standard InChI is InChI=1S/C32H20Br2N2S.2ClH.Zr/c1-35-23-9-5-3-7-21(23)31-25(35)13-17-11-19(33)15-27(29(17)31)37-28-16-20(34)12-18-14-26-32(30(18)28)22-8-4-6-10-24(22)36(26)2;;;/h3-6,9-16,25-26H,1-2H3;2*1H;/q-2;;;+4/p-2. The molecular formula is C32H20Br2Cl2N2SZr. The Morgan fingerprint density at radius 1 is 0.700 bits per heavy atom. The van der Waals surface area contributed by atoms with E-state index in [0.717, 1.165) is 8.95 Å². The van der Waals surface area contributed by atoms with Gasteiger partial charge in [0.1, 0.15) is 0 Å². The molecule has 2 atom stereocenters. The number of benzene rings is 4. The minimum Gasteiger partial charge on any atom is -1.00 e. The monoisotopic (exact) mass is 782 g/mol. The van der Waals surface area contributed by atoms with Crippen LogP contribution in [0, 0.1) is 12.1 Å². The number of fused-ring (bicyclic) bond motifs is 8. The summed E-state index contributed by atoms with van der Waals surface area (Å²) in [6.45, 7) is 0. The van der Waals surface area contributed by atoms with Gasteiger partial charge in [0.25, 0.3) is 0 Å². The molecule has 196 valence electrons. The second-order valence-electron chi connectivity index (χ2n) is 9.97. The molecular weight excluding hydrogens is 766 g/mol. The number of rotatable bonds is 2. The molecule has 4 aromatic carbocycles. The van der Waals surface area contributed by atoms with Crippen LogP contribution in [-0.2, 0) is 26.2 Å². The summed E-state index contributed by atoms with van der Waals surface area (Å²) >= 11 is 9.49. The summed E-state index contributed by atoms with van der Waals surface area (Å²) in [5.41, 5.74) is 7.67. The summed E-state index contributed by atoms with van der Waals surface area (Å²) in [6.07, 6.45) is 4.79. The van der Waals surface area contributed by atoms with Gasteiger partial charge in [0.05, 0.1) is 0 Å². The molecule has 0 amide bonds. The molecule has 0 fully saturated rings. The predicted octanol–water partition coefficient (Wildman–Crippen LogP) is -1.41. The van der Waals surface area contributed by atoms with Gasteiger partial charge in [-0.2, -0.15) is 0 Å². The van der Waals surface area contributed by atoms with Gasteiger partial charge in [0.15, 0.2) is 0 Å². The Labute approximate surface area is 286 Å². The van der Waals surface area contributed by atoms with E-state index in [2.05, 4.69) is 129 Å². The van der Waals surface area contributed by atoms with E-state index in [-0.39, 0.29) is 63.1 Å². The van der Waals surface area contributed by atoms with Gasteiger partial charge >= 0.3 is 26.2 Å². The van der Waals surface area contributed by atoms with Crippen LogP contribution in [0.2, 0.25) is 0 Å². The number of nitrogens with zero attached hydrogens (tertiary/aromatic N) is 2. The van der Waals surface area contributed by atoms with Crippen molar-refractivity contribution < 1.29 is 51.0 Å². The molecule has 4 aromatic rings. The number of likely N-dealkylation sites (N-methyl/N-ethyl adjacent to an activating group) is 2. The first-order valence-electron chi connectivity index (χ1n) is 12.3. The Morgan fingerprint density at radius 3 is 1.55 bits per heavy atom. The Kier molecular flexibility index (Phi) is 8.38. The van der Waals surface area contributed by atoms with E-state index in [1.54, 1.807) is 0 Å². The van der Waals surface area contributed by atoms with Gasteiger partial charge in [-0.05, 0) is 70.6 Å².